The third kappa shape index (κ3) is 2.72. The quantitative estimate of drug-likeness (QED) is 0.806. The Morgan fingerprint density at radius 2 is 2.35 bits per heavy atom. The second kappa shape index (κ2) is 4.82. The van der Waals surface area contributed by atoms with Gasteiger partial charge in [-0.15, -0.1) is 0 Å². The number of rotatable bonds is 3. The number of esters is 1. The summed E-state index contributed by atoms with van der Waals surface area (Å²) in [5.74, 6) is -0.244. The fourth-order valence-corrected chi connectivity index (χ4v) is 1.71. The third-order valence-electron chi connectivity index (χ3n) is 2.58. The maximum absolute atomic E-state index is 11.2. The van der Waals surface area contributed by atoms with Gasteiger partial charge in [0.25, 0.3) is 0 Å². The van der Waals surface area contributed by atoms with E-state index in [4.69, 9.17) is 0 Å². The number of hydrogen-bond donors (Lipinski definition) is 1. The fourth-order valence-electron chi connectivity index (χ4n) is 1.71. The van der Waals surface area contributed by atoms with Gasteiger partial charge >= 0.3 is 5.97 Å². The molecule has 0 atom stereocenters. The van der Waals surface area contributed by atoms with Crippen LogP contribution in [0.2, 0.25) is 0 Å². The molecule has 1 aromatic carbocycles. The van der Waals surface area contributed by atoms with Crippen LogP contribution in [-0.4, -0.2) is 19.0 Å². The zero-order valence-corrected chi connectivity index (χ0v) is 9.53. The van der Waals surface area contributed by atoms with E-state index in [0.717, 1.165) is 16.8 Å². The number of carbonyl (C=O) groups is 2. The van der Waals surface area contributed by atoms with Gasteiger partial charge in [-0.05, 0) is 17.2 Å². The van der Waals surface area contributed by atoms with Gasteiger partial charge in [0.2, 0.25) is 5.91 Å². The summed E-state index contributed by atoms with van der Waals surface area (Å²) in [6.45, 7) is 0. The van der Waals surface area contributed by atoms with Crippen LogP contribution in [-0.2, 0) is 20.7 Å². The van der Waals surface area contributed by atoms with Crippen molar-refractivity contribution >= 4 is 23.6 Å². The monoisotopic (exact) mass is 231 g/mol. The first-order valence-electron chi connectivity index (χ1n) is 5.35. The first kappa shape index (κ1) is 11.4. The second-order valence-electron chi connectivity index (χ2n) is 3.82. The van der Waals surface area contributed by atoms with Crippen molar-refractivity contribution in [3.63, 3.8) is 0 Å². The van der Waals surface area contributed by atoms with Gasteiger partial charge in [0, 0.05) is 5.69 Å². The van der Waals surface area contributed by atoms with Gasteiger partial charge in [0.05, 0.1) is 20.0 Å². The van der Waals surface area contributed by atoms with Crippen LogP contribution in [0.15, 0.2) is 24.3 Å². The number of fused-ring (bicyclic) bond motifs is 1. The van der Waals surface area contributed by atoms with Gasteiger partial charge in [-0.25, -0.2) is 0 Å². The van der Waals surface area contributed by atoms with E-state index in [1.807, 2.05) is 24.3 Å². The standard InChI is InChI=1S/C13H13NO3/c1-17-13(16)4-2-3-9-5-6-10-8-12(15)14-11(10)7-9/h2-3,5-7H,4,8H2,1H3,(H,14,15). The summed E-state index contributed by atoms with van der Waals surface area (Å²) >= 11 is 0. The molecule has 4 nitrogen and oxygen atoms in total. The zero-order valence-electron chi connectivity index (χ0n) is 9.53. The third-order valence-corrected chi connectivity index (χ3v) is 2.58. The molecule has 0 radical (unpaired) electrons. The first-order valence-corrected chi connectivity index (χ1v) is 5.35. The first-order chi connectivity index (χ1) is 8.19. The molecule has 0 unspecified atom stereocenters. The van der Waals surface area contributed by atoms with E-state index in [0.29, 0.717) is 6.42 Å². The smallest absolute Gasteiger partial charge is 0.309 e. The Labute approximate surface area is 99.3 Å². The van der Waals surface area contributed by atoms with Crippen LogP contribution in [0.5, 0.6) is 0 Å². The molecule has 1 aromatic rings. The van der Waals surface area contributed by atoms with E-state index in [2.05, 4.69) is 10.1 Å². The molecular formula is C13H13NO3. The lowest BCUT2D eigenvalue weighted by molar-refractivity contribution is -0.139. The van der Waals surface area contributed by atoms with Crippen LogP contribution in [0, 0.1) is 0 Å². The fraction of sp³-hybridized carbons (Fsp3) is 0.231. The summed E-state index contributed by atoms with van der Waals surface area (Å²) in [5.41, 5.74) is 2.82. The van der Waals surface area contributed by atoms with Crippen LogP contribution >= 0.6 is 0 Å². The number of hydrogen-bond acceptors (Lipinski definition) is 3. The SMILES string of the molecule is COC(=O)CC=Cc1ccc2c(c1)NC(=O)C2. The van der Waals surface area contributed by atoms with Crippen LogP contribution in [0.3, 0.4) is 0 Å². The lowest BCUT2D eigenvalue weighted by Crippen LogP contribution is -2.03. The highest BCUT2D eigenvalue weighted by molar-refractivity contribution is 5.99. The molecule has 0 saturated carbocycles. The molecule has 1 aliphatic heterocycles. The minimum absolute atomic E-state index is 0.0238. The molecule has 0 bridgehead atoms. The summed E-state index contributed by atoms with van der Waals surface area (Å²) < 4.78 is 4.53. The molecule has 0 fully saturated rings. The second-order valence-corrected chi connectivity index (χ2v) is 3.82. The van der Waals surface area contributed by atoms with Crippen LogP contribution in [0.4, 0.5) is 5.69 Å². The summed E-state index contributed by atoms with van der Waals surface area (Å²) in [7, 11) is 1.36. The van der Waals surface area contributed by atoms with Crippen LogP contribution in [0.1, 0.15) is 17.5 Å². The average molecular weight is 231 g/mol. The molecule has 0 saturated heterocycles. The van der Waals surface area contributed by atoms with Gasteiger partial charge in [-0.3, -0.25) is 9.59 Å². The Hall–Kier alpha value is -2.10. The minimum Gasteiger partial charge on any atom is -0.469 e. The van der Waals surface area contributed by atoms with Crippen molar-refractivity contribution in [3.8, 4) is 0 Å². The van der Waals surface area contributed by atoms with E-state index < -0.39 is 0 Å². The highest BCUT2D eigenvalue weighted by Crippen LogP contribution is 2.24. The van der Waals surface area contributed by atoms with E-state index >= 15 is 0 Å². The van der Waals surface area contributed by atoms with E-state index in [1.165, 1.54) is 7.11 Å². The molecular weight excluding hydrogens is 218 g/mol. The summed E-state index contributed by atoms with van der Waals surface area (Å²) in [5, 5.41) is 2.78. The Balaban J connectivity index is 2.06. The van der Waals surface area contributed by atoms with Gasteiger partial charge in [0.15, 0.2) is 0 Å². The predicted molar refractivity (Wildman–Crippen MR) is 64.4 cm³/mol. The molecule has 88 valence electrons. The highest BCUT2D eigenvalue weighted by Gasteiger charge is 2.16. The molecule has 1 N–H and O–H groups in total. The van der Waals surface area contributed by atoms with Crippen LogP contribution in [0.25, 0.3) is 6.08 Å². The number of methoxy groups -OCH3 is 1. The molecule has 4 heteroatoms. The van der Waals surface area contributed by atoms with Crippen molar-refractivity contribution in [1.82, 2.24) is 0 Å². The summed E-state index contributed by atoms with van der Waals surface area (Å²) in [6, 6.07) is 5.74. The normalized spacial score (nSPS) is 13.6. The molecule has 1 aliphatic rings. The summed E-state index contributed by atoms with van der Waals surface area (Å²) in [6.07, 6.45) is 4.27. The number of carbonyl (C=O) groups excluding carboxylic acids is 2. The van der Waals surface area contributed by atoms with E-state index in [-0.39, 0.29) is 18.3 Å². The Kier molecular flexibility index (Phi) is 3.23. The number of ether oxygens (including phenoxy) is 1. The minimum atomic E-state index is -0.268. The topological polar surface area (TPSA) is 55.4 Å². The van der Waals surface area contributed by atoms with Crippen molar-refractivity contribution in [2.75, 3.05) is 12.4 Å². The molecule has 2 rings (SSSR count). The van der Waals surface area contributed by atoms with Gasteiger partial charge in [-0.1, -0.05) is 24.3 Å². The Morgan fingerprint density at radius 3 is 3.12 bits per heavy atom. The predicted octanol–water partition coefficient (Wildman–Crippen LogP) is 1.76. The molecule has 0 aromatic heterocycles. The zero-order chi connectivity index (χ0) is 12.3. The van der Waals surface area contributed by atoms with Gasteiger partial charge in [-0.2, -0.15) is 0 Å². The van der Waals surface area contributed by atoms with E-state index in [1.54, 1.807) is 6.08 Å². The van der Waals surface area contributed by atoms with Gasteiger partial charge < -0.3 is 10.1 Å². The molecule has 1 amide bonds. The maximum atomic E-state index is 11.2. The van der Waals surface area contributed by atoms with Crippen molar-refractivity contribution in [3.05, 3.63) is 35.4 Å². The van der Waals surface area contributed by atoms with E-state index in [9.17, 15) is 9.59 Å². The summed E-state index contributed by atoms with van der Waals surface area (Å²) in [4.78, 5) is 22.1. The molecule has 17 heavy (non-hydrogen) atoms. The molecule has 0 spiro atoms. The molecule has 1 heterocycles. The van der Waals surface area contributed by atoms with Crippen molar-refractivity contribution in [2.24, 2.45) is 0 Å². The van der Waals surface area contributed by atoms with Crippen molar-refractivity contribution in [2.45, 2.75) is 12.8 Å². The van der Waals surface area contributed by atoms with Crippen molar-refractivity contribution in [1.29, 1.82) is 0 Å². The largest absolute Gasteiger partial charge is 0.469 e. The Bertz CT molecular complexity index is 491. The number of amides is 1. The lowest BCUT2D eigenvalue weighted by Gasteiger charge is -2.00. The average Bonchev–Trinajstić information content (AvgIpc) is 2.68. The Morgan fingerprint density at radius 1 is 1.53 bits per heavy atom. The highest BCUT2D eigenvalue weighted by atomic mass is 16.5. The number of anilines is 1. The number of nitrogens with one attached hydrogen (secondary N) is 1. The maximum Gasteiger partial charge on any atom is 0.309 e. The molecule has 0 aliphatic carbocycles. The number of benzene rings is 1. The lowest BCUT2D eigenvalue weighted by atomic mass is 10.1. The van der Waals surface area contributed by atoms with Crippen molar-refractivity contribution < 1.29 is 14.3 Å². The van der Waals surface area contributed by atoms with Crippen LogP contribution < -0.4 is 5.32 Å². The van der Waals surface area contributed by atoms with Gasteiger partial charge in [0.1, 0.15) is 0 Å².